The minimum atomic E-state index is -3.05. The van der Waals surface area contributed by atoms with Crippen molar-refractivity contribution in [2.24, 2.45) is 5.92 Å². The second kappa shape index (κ2) is 6.79. The predicted molar refractivity (Wildman–Crippen MR) is 69.5 cm³/mol. The van der Waals surface area contributed by atoms with E-state index in [4.69, 9.17) is 0 Å². The van der Waals surface area contributed by atoms with Crippen LogP contribution in [0.5, 0.6) is 0 Å². The van der Waals surface area contributed by atoms with Gasteiger partial charge in [0.15, 0.2) is 0 Å². The van der Waals surface area contributed by atoms with E-state index in [0.717, 1.165) is 19.5 Å². The molecule has 16 heavy (non-hydrogen) atoms. The Morgan fingerprint density at radius 1 is 1.50 bits per heavy atom. The van der Waals surface area contributed by atoms with E-state index in [-0.39, 0.29) is 30.1 Å². The molecule has 6 heteroatoms. The molecule has 1 aliphatic heterocycles. The van der Waals surface area contributed by atoms with Crippen LogP contribution < -0.4 is 5.32 Å². The lowest BCUT2D eigenvalue weighted by molar-refractivity contribution is 0.282. The van der Waals surface area contributed by atoms with Gasteiger partial charge in [-0.05, 0) is 12.8 Å². The zero-order valence-electron chi connectivity index (χ0n) is 10.3. The Balaban J connectivity index is 0.00000225. The number of nitrogens with one attached hydrogen (secondary N) is 1. The molecular formula is C10H23ClN2O2S. The van der Waals surface area contributed by atoms with E-state index in [1.165, 1.54) is 0 Å². The Labute approximate surface area is 105 Å². The van der Waals surface area contributed by atoms with Crippen molar-refractivity contribution in [1.29, 1.82) is 0 Å². The molecular weight excluding hydrogens is 248 g/mol. The monoisotopic (exact) mass is 270 g/mol. The first-order chi connectivity index (χ1) is 6.97. The lowest BCUT2D eigenvalue weighted by Gasteiger charge is -2.33. The largest absolute Gasteiger partial charge is 0.314 e. The van der Waals surface area contributed by atoms with Crippen LogP contribution in [0.2, 0.25) is 0 Å². The van der Waals surface area contributed by atoms with Crippen molar-refractivity contribution in [2.75, 3.05) is 25.4 Å². The molecule has 0 spiro atoms. The van der Waals surface area contributed by atoms with Gasteiger partial charge in [0.1, 0.15) is 0 Å². The van der Waals surface area contributed by atoms with Gasteiger partial charge in [-0.15, -0.1) is 12.4 Å². The van der Waals surface area contributed by atoms with Gasteiger partial charge in [0.05, 0.1) is 5.75 Å². The van der Waals surface area contributed by atoms with E-state index >= 15 is 0 Å². The van der Waals surface area contributed by atoms with Crippen LogP contribution in [0.3, 0.4) is 0 Å². The SMILES string of the molecule is CCC(C)CS(=O)(=O)N1CCNCC1C.Cl. The second-order valence-corrected chi connectivity index (χ2v) is 6.42. The highest BCUT2D eigenvalue weighted by atomic mass is 35.5. The normalized spacial score (nSPS) is 24.8. The summed E-state index contributed by atoms with van der Waals surface area (Å²) in [7, 11) is -3.05. The van der Waals surface area contributed by atoms with Crippen LogP contribution in [0, 0.1) is 5.92 Å². The average Bonchev–Trinajstić information content (AvgIpc) is 2.17. The highest BCUT2D eigenvalue weighted by molar-refractivity contribution is 7.89. The van der Waals surface area contributed by atoms with Gasteiger partial charge in [0, 0.05) is 25.7 Å². The first-order valence-electron chi connectivity index (χ1n) is 5.67. The van der Waals surface area contributed by atoms with E-state index in [2.05, 4.69) is 5.32 Å². The van der Waals surface area contributed by atoms with E-state index < -0.39 is 10.0 Å². The smallest absolute Gasteiger partial charge is 0.214 e. The van der Waals surface area contributed by atoms with Crippen LogP contribution in [0.25, 0.3) is 0 Å². The van der Waals surface area contributed by atoms with Crippen molar-refractivity contribution in [3.63, 3.8) is 0 Å². The van der Waals surface area contributed by atoms with Gasteiger partial charge in [0.25, 0.3) is 0 Å². The molecule has 1 rings (SSSR count). The van der Waals surface area contributed by atoms with Gasteiger partial charge in [0.2, 0.25) is 10.0 Å². The molecule has 2 unspecified atom stereocenters. The molecule has 0 radical (unpaired) electrons. The van der Waals surface area contributed by atoms with Gasteiger partial charge in [-0.2, -0.15) is 4.31 Å². The Kier molecular flexibility index (Phi) is 6.86. The molecule has 0 bridgehead atoms. The highest BCUT2D eigenvalue weighted by Gasteiger charge is 2.29. The summed E-state index contributed by atoms with van der Waals surface area (Å²) in [6.45, 7) is 8.12. The van der Waals surface area contributed by atoms with Crippen LogP contribution in [0.4, 0.5) is 0 Å². The number of hydrogen-bond acceptors (Lipinski definition) is 3. The fourth-order valence-corrected chi connectivity index (χ4v) is 3.95. The van der Waals surface area contributed by atoms with Crippen LogP contribution in [-0.4, -0.2) is 44.2 Å². The predicted octanol–water partition coefficient (Wildman–Crippen LogP) is 1.08. The summed E-state index contributed by atoms with van der Waals surface area (Å²) in [5.74, 6) is 0.533. The minimum Gasteiger partial charge on any atom is -0.314 e. The lowest BCUT2D eigenvalue weighted by Crippen LogP contribution is -2.53. The van der Waals surface area contributed by atoms with Crippen molar-refractivity contribution in [3.05, 3.63) is 0 Å². The Morgan fingerprint density at radius 2 is 2.12 bits per heavy atom. The summed E-state index contributed by atoms with van der Waals surface area (Å²) < 4.78 is 25.8. The topological polar surface area (TPSA) is 49.4 Å². The Bertz CT molecular complexity index is 295. The lowest BCUT2D eigenvalue weighted by atomic mass is 10.2. The summed E-state index contributed by atoms with van der Waals surface area (Å²) in [4.78, 5) is 0. The molecule has 1 N–H and O–H groups in total. The summed E-state index contributed by atoms with van der Waals surface area (Å²) in [6.07, 6.45) is 0.916. The van der Waals surface area contributed by atoms with E-state index in [1.54, 1.807) is 4.31 Å². The maximum absolute atomic E-state index is 12.1. The second-order valence-electron chi connectivity index (χ2n) is 4.46. The molecule has 0 aromatic carbocycles. The summed E-state index contributed by atoms with van der Waals surface area (Å²) in [5.41, 5.74) is 0. The minimum absolute atomic E-state index is 0. The molecule has 1 aliphatic rings. The van der Waals surface area contributed by atoms with E-state index in [9.17, 15) is 8.42 Å². The molecule has 0 aromatic rings. The van der Waals surface area contributed by atoms with Gasteiger partial charge in [-0.1, -0.05) is 20.3 Å². The number of sulfonamides is 1. The third-order valence-corrected chi connectivity index (χ3v) is 5.24. The first kappa shape index (κ1) is 16.2. The number of rotatable bonds is 4. The maximum atomic E-state index is 12.1. The molecule has 98 valence electrons. The molecule has 0 aromatic heterocycles. The molecule has 1 heterocycles. The van der Waals surface area contributed by atoms with E-state index in [1.807, 2.05) is 20.8 Å². The van der Waals surface area contributed by atoms with Gasteiger partial charge in [-0.3, -0.25) is 0 Å². The zero-order valence-corrected chi connectivity index (χ0v) is 11.9. The van der Waals surface area contributed by atoms with Gasteiger partial charge >= 0.3 is 0 Å². The molecule has 0 amide bonds. The quantitative estimate of drug-likeness (QED) is 0.832. The first-order valence-corrected chi connectivity index (χ1v) is 7.28. The third kappa shape index (κ3) is 4.20. The number of nitrogens with zero attached hydrogens (tertiary/aromatic N) is 1. The van der Waals surface area contributed by atoms with Gasteiger partial charge in [-0.25, -0.2) is 8.42 Å². The molecule has 1 fully saturated rings. The highest BCUT2D eigenvalue weighted by Crippen LogP contribution is 2.14. The van der Waals surface area contributed by atoms with Crippen LogP contribution in [0.15, 0.2) is 0 Å². The molecule has 0 saturated carbocycles. The molecule has 4 nitrogen and oxygen atoms in total. The maximum Gasteiger partial charge on any atom is 0.214 e. The van der Waals surface area contributed by atoms with Crippen molar-refractivity contribution >= 4 is 22.4 Å². The van der Waals surface area contributed by atoms with Crippen LogP contribution in [0.1, 0.15) is 27.2 Å². The van der Waals surface area contributed by atoms with E-state index in [0.29, 0.717) is 6.54 Å². The molecule has 1 saturated heterocycles. The standard InChI is InChI=1S/C10H22N2O2S.ClH/c1-4-9(2)8-15(13,14)12-6-5-11-7-10(12)3;/h9-11H,4-8H2,1-3H3;1H. The van der Waals surface area contributed by atoms with Crippen molar-refractivity contribution in [3.8, 4) is 0 Å². The van der Waals surface area contributed by atoms with Crippen molar-refractivity contribution < 1.29 is 8.42 Å². The number of halogens is 1. The average molecular weight is 271 g/mol. The summed E-state index contributed by atoms with van der Waals surface area (Å²) >= 11 is 0. The Morgan fingerprint density at radius 3 is 2.62 bits per heavy atom. The van der Waals surface area contributed by atoms with Crippen molar-refractivity contribution in [2.45, 2.75) is 33.2 Å². The zero-order chi connectivity index (χ0) is 11.5. The fourth-order valence-electron chi connectivity index (χ4n) is 1.81. The van der Waals surface area contributed by atoms with Gasteiger partial charge < -0.3 is 5.32 Å². The summed E-state index contributed by atoms with van der Waals surface area (Å²) in [5, 5.41) is 3.20. The third-order valence-electron chi connectivity index (χ3n) is 2.99. The molecule has 0 aliphatic carbocycles. The number of piperazine rings is 1. The fraction of sp³-hybridized carbons (Fsp3) is 1.00. The summed E-state index contributed by atoms with van der Waals surface area (Å²) in [6, 6.07) is 0.0906. The van der Waals surface area contributed by atoms with Crippen LogP contribution >= 0.6 is 12.4 Å². The Hall–Kier alpha value is 0.160. The number of hydrogen-bond donors (Lipinski definition) is 1. The van der Waals surface area contributed by atoms with Crippen molar-refractivity contribution in [1.82, 2.24) is 9.62 Å². The molecule has 2 atom stereocenters. The van der Waals surface area contributed by atoms with Crippen LogP contribution in [-0.2, 0) is 10.0 Å².